The first-order valence-corrected chi connectivity index (χ1v) is 13.5. The maximum absolute atomic E-state index is 13.4. The van der Waals surface area contributed by atoms with E-state index in [0.29, 0.717) is 18.7 Å². The fourth-order valence-electron chi connectivity index (χ4n) is 5.25. The molecule has 0 radical (unpaired) electrons. The van der Waals surface area contributed by atoms with E-state index in [2.05, 4.69) is 16.0 Å². The van der Waals surface area contributed by atoms with E-state index < -0.39 is 23.9 Å². The van der Waals surface area contributed by atoms with E-state index in [9.17, 15) is 19.2 Å². The number of hydrogen-bond acceptors (Lipinski definition) is 6. The van der Waals surface area contributed by atoms with E-state index in [1.54, 1.807) is 29.2 Å². The second-order valence-electron chi connectivity index (χ2n) is 10.1. The molecule has 1 saturated heterocycles. The maximum Gasteiger partial charge on any atom is 0.255 e. The number of ether oxygens (including phenoxy) is 1. The molecule has 2 aliphatic heterocycles. The fraction of sp³-hybridized carbons (Fsp3) is 0.333. The summed E-state index contributed by atoms with van der Waals surface area (Å²) in [6.07, 6.45) is 0.611. The first-order chi connectivity index (χ1) is 19.4. The highest BCUT2D eigenvalue weighted by Gasteiger charge is 2.36. The summed E-state index contributed by atoms with van der Waals surface area (Å²) in [7, 11) is 0. The molecule has 4 amide bonds. The van der Waals surface area contributed by atoms with Gasteiger partial charge in [0.2, 0.25) is 17.7 Å². The summed E-state index contributed by atoms with van der Waals surface area (Å²) in [5, 5.41) is 10.4. The van der Waals surface area contributed by atoms with Gasteiger partial charge in [-0.1, -0.05) is 54.6 Å². The van der Waals surface area contributed by atoms with Crippen LogP contribution >= 0.6 is 0 Å². The van der Waals surface area contributed by atoms with Crippen molar-refractivity contribution < 1.29 is 23.9 Å². The van der Waals surface area contributed by atoms with Gasteiger partial charge in [-0.15, -0.1) is 0 Å². The lowest BCUT2D eigenvalue weighted by molar-refractivity contribution is -0.134. The van der Waals surface area contributed by atoms with Crippen molar-refractivity contribution >= 4 is 34.4 Å². The minimum atomic E-state index is -0.987. The Morgan fingerprint density at radius 2 is 1.77 bits per heavy atom. The lowest BCUT2D eigenvalue weighted by atomic mass is 10.0. The quantitative estimate of drug-likeness (QED) is 0.394. The summed E-state index contributed by atoms with van der Waals surface area (Å²) in [6.45, 7) is 0.637. The molecule has 0 spiro atoms. The first kappa shape index (κ1) is 27.1. The van der Waals surface area contributed by atoms with Crippen molar-refractivity contribution in [1.29, 1.82) is 0 Å². The van der Waals surface area contributed by atoms with Crippen LogP contribution in [0.3, 0.4) is 0 Å². The van der Waals surface area contributed by atoms with Crippen LogP contribution in [-0.2, 0) is 20.9 Å². The molecule has 0 aliphatic carbocycles. The van der Waals surface area contributed by atoms with Crippen molar-refractivity contribution in [3.05, 3.63) is 77.9 Å². The average Bonchev–Trinajstić information content (AvgIpc) is 3.35. The largest absolute Gasteiger partial charge is 0.491 e. The zero-order chi connectivity index (χ0) is 28.1. The molecule has 3 unspecified atom stereocenters. The number of amides is 4. The van der Waals surface area contributed by atoms with Gasteiger partial charge < -0.3 is 31.3 Å². The second kappa shape index (κ2) is 12.2. The number of benzene rings is 3. The van der Waals surface area contributed by atoms with E-state index >= 15 is 0 Å². The summed E-state index contributed by atoms with van der Waals surface area (Å²) < 4.78 is 6.01. The molecule has 3 aromatic carbocycles. The smallest absolute Gasteiger partial charge is 0.255 e. The molecule has 208 valence electrons. The van der Waals surface area contributed by atoms with E-state index in [-0.39, 0.29) is 56.0 Å². The lowest BCUT2D eigenvalue weighted by Gasteiger charge is -2.27. The SMILES string of the molecule is NC1CCN2C(=O)CNC(=O)CCC(C(=O)NCc3cccc4ccccc34)NC(=O)c3ccccc3OCC12. The van der Waals surface area contributed by atoms with Crippen LogP contribution in [0.1, 0.15) is 35.2 Å². The van der Waals surface area contributed by atoms with E-state index in [0.717, 1.165) is 16.3 Å². The summed E-state index contributed by atoms with van der Waals surface area (Å²) in [5.41, 5.74) is 7.44. The van der Waals surface area contributed by atoms with Crippen LogP contribution in [0, 0.1) is 0 Å². The maximum atomic E-state index is 13.4. The Hall–Kier alpha value is -4.44. The van der Waals surface area contributed by atoms with Crippen LogP contribution in [0.2, 0.25) is 0 Å². The summed E-state index contributed by atoms with van der Waals surface area (Å²) in [6, 6.07) is 18.8. The Bertz CT molecular complexity index is 1420. The van der Waals surface area contributed by atoms with Gasteiger partial charge in [0.15, 0.2) is 0 Å². The van der Waals surface area contributed by atoms with Crippen LogP contribution in [0.5, 0.6) is 5.75 Å². The van der Waals surface area contributed by atoms with Crippen LogP contribution < -0.4 is 26.4 Å². The normalized spacial score (nSPS) is 22.2. The Balaban J connectivity index is 1.36. The molecule has 2 aliphatic rings. The molecule has 10 heteroatoms. The lowest BCUT2D eigenvalue weighted by Crippen LogP contribution is -2.49. The number of hydrogen-bond donors (Lipinski definition) is 4. The molecule has 40 heavy (non-hydrogen) atoms. The summed E-state index contributed by atoms with van der Waals surface area (Å²) in [4.78, 5) is 53.8. The topological polar surface area (TPSA) is 143 Å². The van der Waals surface area contributed by atoms with E-state index in [1.807, 2.05) is 42.5 Å². The number of carbonyl (C=O) groups is 4. The molecule has 3 atom stereocenters. The van der Waals surface area contributed by atoms with Gasteiger partial charge in [-0.2, -0.15) is 0 Å². The number of nitrogens with two attached hydrogens (primary N) is 1. The van der Waals surface area contributed by atoms with Crippen LogP contribution in [-0.4, -0.2) is 66.4 Å². The molecular weight excluding hydrogens is 510 g/mol. The standard InChI is InChI=1S/C30H33N5O5/c31-23-14-15-35-25(23)18-40-26-11-4-3-10-22(26)29(38)34-24(12-13-27(36)32-17-28(35)37)30(39)33-16-20-8-5-7-19-6-1-2-9-21(19)20/h1-11,23-25H,12-18,31H2,(H,32,36)(H,33,39)(H,34,38). The minimum absolute atomic E-state index is 0.0490. The molecule has 2 heterocycles. The first-order valence-electron chi connectivity index (χ1n) is 13.5. The summed E-state index contributed by atoms with van der Waals surface area (Å²) in [5.74, 6) is -1.23. The molecule has 10 nitrogen and oxygen atoms in total. The molecular formula is C30H33N5O5. The monoisotopic (exact) mass is 543 g/mol. The van der Waals surface area contributed by atoms with Crippen molar-refractivity contribution in [3.8, 4) is 5.75 Å². The number of para-hydroxylation sites is 1. The Morgan fingerprint density at radius 1 is 1.00 bits per heavy atom. The molecule has 0 bridgehead atoms. The van der Waals surface area contributed by atoms with Crippen molar-refractivity contribution in [3.63, 3.8) is 0 Å². The van der Waals surface area contributed by atoms with Gasteiger partial charge >= 0.3 is 0 Å². The number of rotatable bonds is 3. The van der Waals surface area contributed by atoms with Gasteiger partial charge in [0.25, 0.3) is 5.91 Å². The van der Waals surface area contributed by atoms with E-state index in [4.69, 9.17) is 10.5 Å². The van der Waals surface area contributed by atoms with Crippen molar-refractivity contribution in [1.82, 2.24) is 20.9 Å². The van der Waals surface area contributed by atoms with Crippen LogP contribution in [0.4, 0.5) is 0 Å². The van der Waals surface area contributed by atoms with Crippen LogP contribution in [0.15, 0.2) is 66.7 Å². The fourth-order valence-corrected chi connectivity index (χ4v) is 5.25. The third-order valence-corrected chi connectivity index (χ3v) is 7.51. The predicted molar refractivity (Wildman–Crippen MR) is 149 cm³/mol. The zero-order valence-electron chi connectivity index (χ0n) is 22.1. The van der Waals surface area contributed by atoms with Crippen molar-refractivity contribution in [2.24, 2.45) is 5.73 Å². The van der Waals surface area contributed by atoms with Gasteiger partial charge in [0, 0.05) is 25.6 Å². The second-order valence-corrected chi connectivity index (χ2v) is 10.1. The van der Waals surface area contributed by atoms with Gasteiger partial charge in [0.1, 0.15) is 18.4 Å². The molecule has 5 N–H and O–H groups in total. The Morgan fingerprint density at radius 3 is 2.65 bits per heavy atom. The number of carbonyl (C=O) groups excluding carboxylic acids is 4. The number of nitrogens with zero attached hydrogens (tertiary/aromatic N) is 1. The molecule has 0 saturated carbocycles. The number of nitrogens with one attached hydrogen (secondary N) is 3. The Kier molecular flexibility index (Phi) is 8.26. The highest BCUT2D eigenvalue weighted by Crippen LogP contribution is 2.23. The van der Waals surface area contributed by atoms with Gasteiger partial charge in [-0.3, -0.25) is 19.2 Å². The number of fused-ring (bicyclic) bond motifs is 3. The van der Waals surface area contributed by atoms with Crippen molar-refractivity contribution in [2.45, 2.75) is 43.9 Å². The molecule has 0 aromatic heterocycles. The molecule has 5 rings (SSSR count). The molecule has 1 fully saturated rings. The highest BCUT2D eigenvalue weighted by molar-refractivity contribution is 6.00. The zero-order valence-corrected chi connectivity index (χ0v) is 22.1. The summed E-state index contributed by atoms with van der Waals surface area (Å²) >= 11 is 0. The minimum Gasteiger partial charge on any atom is -0.491 e. The average molecular weight is 544 g/mol. The highest BCUT2D eigenvalue weighted by atomic mass is 16.5. The predicted octanol–water partition coefficient (Wildman–Crippen LogP) is 1.47. The molecule has 3 aromatic rings. The third-order valence-electron chi connectivity index (χ3n) is 7.51. The van der Waals surface area contributed by atoms with E-state index in [1.165, 1.54) is 0 Å². The van der Waals surface area contributed by atoms with Crippen molar-refractivity contribution in [2.75, 3.05) is 19.7 Å². The third kappa shape index (κ3) is 6.07. The van der Waals surface area contributed by atoms with Gasteiger partial charge in [-0.25, -0.2) is 0 Å². The van der Waals surface area contributed by atoms with Crippen LogP contribution in [0.25, 0.3) is 10.8 Å². The van der Waals surface area contributed by atoms with Gasteiger partial charge in [0.05, 0.1) is 18.2 Å². The Labute approximate surface area is 232 Å². The van der Waals surface area contributed by atoms with Gasteiger partial charge in [-0.05, 0) is 41.3 Å².